The Balaban J connectivity index is 2.11. The molecule has 66 valence electrons. The van der Waals surface area contributed by atoms with Gasteiger partial charge in [-0.1, -0.05) is 6.92 Å². The van der Waals surface area contributed by atoms with Gasteiger partial charge >= 0.3 is 0 Å². The SMILES string of the molecule is Cc1ccc([C@H]2CCC(C)C2)o1. The third-order valence-electron chi connectivity index (χ3n) is 2.86. The van der Waals surface area contributed by atoms with E-state index < -0.39 is 0 Å². The fourth-order valence-electron chi connectivity index (χ4n) is 2.14. The number of furan rings is 1. The van der Waals surface area contributed by atoms with Gasteiger partial charge in [-0.25, -0.2) is 0 Å². The fourth-order valence-corrected chi connectivity index (χ4v) is 2.14. The van der Waals surface area contributed by atoms with Crippen LogP contribution in [-0.2, 0) is 0 Å². The maximum Gasteiger partial charge on any atom is 0.107 e. The van der Waals surface area contributed by atoms with E-state index in [1.165, 1.54) is 25.0 Å². The van der Waals surface area contributed by atoms with Crippen LogP contribution in [0.1, 0.15) is 43.6 Å². The van der Waals surface area contributed by atoms with Crippen molar-refractivity contribution < 1.29 is 4.42 Å². The van der Waals surface area contributed by atoms with Crippen molar-refractivity contribution in [3.8, 4) is 0 Å². The van der Waals surface area contributed by atoms with Gasteiger partial charge in [-0.05, 0) is 44.2 Å². The van der Waals surface area contributed by atoms with Gasteiger partial charge in [0.25, 0.3) is 0 Å². The Hall–Kier alpha value is -0.720. The topological polar surface area (TPSA) is 13.1 Å². The first kappa shape index (κ1) is 7.90. The highest BCUT2D eigenvalue weighted by molar-refractivity contribution is 5.11. The summed E-state index contributed by atoms with van der Waals surface area (Å²) in [5.74, 6) is 3.84. The Bertz CT molecular complexity index is 262. The molecule has 1 aromatic heterocycles. The van der Waals surface area contributed by atoms with Crippen molar-refractivity contribution >= 4 is 0 Å². The largest absolute Gasteiger partial charge is 0.466 e. The number of hydrogen-bond acceptors (Lipinski definition) is 1. The van der Waals surface area contributed by atoms with Crippen LogP contribution in [0.4, 0.5) is 0 Å². The summed E-state index contributed by atoms with van der Waals surface area (Å²) in [6, 6.07) is 4.20. The first-order chi connectivity index (χ1) is 5.75. The smallest absolute Gasteiger partial charge is 0.107 e. The van der Waals surface area contributed by atoms with Crippen molar-refractivity contribution in [3.63, 3.8) is 0 Å². The second kappa shape index (κ2) is 2.96. The molecule has 0 aliphatic heterocycles. The van der Waals surface area contributed by atoms with Gasteiger partial charge in [0.1, 0.15) is 11.5 Å². The molecule has 0 aromatic carbocycles. The lowest BCUT2D eigenvalue weighted by atomic mass is 10.0. The fraction of sp³-hybridized carbons (Fsp3) is 0.636. The van der Waals surface area contributed by atoms with E-state index in [1.807, 2.05) is 6.92 Å². The first-order valence-electron chi connectivity index (χ1n) is 4.82. The number of aryl methyl sites for hydroxylation is 1. The molecule has 0 saturated heterocycles. The van der Waals surface area contributed by atoms with Crippen LogP contribution in [0.5, 0.6) is 0 Å². The molecule has 1 fully saturated rings. The van der Waals surface area contributed by atoms with Crippen LogP contribution >= 0.6 is 0 Å². The molecule has 1 aromatic rings. The molecule has 0 radical (unpaired) electrons. The number of hydrogen-bond donors (Lipinski definition) is 0. The lowest BCUT2D eigenvalue weighted by Gasteiger charge is -2.04. The zero-order chi connectivity index (χ0) is 8.55. The molecule has 1 heterocycles. The van der Waals surface area contributed by atoms with Crippen LogP contribution in [-0.4, -0.2) is 0 Å². The zero-order valence-electron chi connectivity index (χ0n) is 7.84. The minimum atomic E-state index is 0.702. The van der Waals surface area contributed by atoms with Crippen molar-refractivity contribution in [2.45, 2.75) is 39.0 Å². The van der Waals surface area contributed by atoms with Gasteiger partial charge in [0.05, 0.1) is 0 Å². The second-order valence-electron chi connectivity index (χ2n) is 4.06. The van der Waals surface area contributed by atoms with Gasteiger partial charge < -0.3 is 4.42 Å². The lowest BCUT2D eigenvalue weighted by molar-refractivity contribution is 0.439. The molecule has 1 unspecified atom stereocenters. The Kier molecular flexibility index (Phi) is 1.95. The summed E-state index contributed by atoms with van der Waals surface area (Å²) < 4.78 is 5.62. The summed E-state index contributed by atoms with van der Waals surface area (Å²) in [5.41, 5.74) is 0. The molecule has 1 heteroatoms. The standard InChI is InChI=1S/C11H16O/c1-8-3-5-10(7-8)11-6-4-9(2)12-11/h4,6,8,10H,3,5,7H2,1-2H3/t8?,10-/m0/s1. The van der Waals surface area contributed by atoms with Gasteiger partial charge in [0.15, 0.2) is 0 Å². The van der Waals surface area contributed by atoms with Crippen LogP contribution in [0.2, 0.25) is 0 Å². The van der Waals surface area contributed by atoms with E-state index in [4.69, 9.17) is 4.42 Å². The van der Waals surface area contributed by atoms with Crippen molar-refractivity contribution in [2.24, 2.45) is 5.92 Å². The van der Waals surface area contributed by atoms with Crippen LogP contribution in [0.15, 0.2) is 16.5 Å². The van der Waals surface area contributed by atoms with Gasteiger partial charge in [-0.15, -0.1) is 0 Å². The molecular weight excluding hydrogens is 148 g/mol. The monoisotopic (exact) mass is 164 g/mol. The summed E-state index contributed by atoms with van der Waals surface area (Å²) in [6.07, 6.45) is 3.99. The molecule has 1 aliphatic carbocycles. The van der Waals surface area contributed by atoms with Crippen molar-refractivity contribution in [3.05, 3.63) is 23.7 Å². The van der Waals surface area contributed by atoms with Crippen LogP contribution in [0, 0.1) is 12.8 Å². The predicted octanol–water partition coefficient (Wildman–Crippen LogP) is 3.49. The number of rotatable bonds is 1. The Labute approximate surface area is 73.8 Å². The third-order valence-corrected chi connectivity index (χ3v) is 2.86. The predicted molar refractivity (Wildman–Crippen MR) is 49.2 cm³/mol. The molecule has 0 N–H and O–H groups in total. The van der Waals surface area contributed by atoms with E-state index in [2.05, 4.69) is 19.1 Å². The van der Waals surface area contributed by atoms with Crippen molar-refractivity contribution in [1.82, 2.24) is 0 Å². The maximum atomic E-state index is 5.62. The van der Waals surface area contributed by atoms with Crippen LogP contribution in [0.25, 0.3) is 0 Å². The second-order valence-corrected chi connectivity index (χ2v) is 4.06. The minimum Gasteiger partial charge on any atom is -0.466 e. The van der Waals surface area contributed by atoms with E-state index >= 15 is 0 Å². The highest BCUT2D eigenvalue weighted by Crippen LogP contribution is 2.38. The van der Waals surface area contributed by atoms with Crippen molar-refractivity contribution in [2.75, 3.05) is 0 Å². The molecule has 1 saturated carbocycles. The molecule has 2 atom stereocenters. The summed E-state index contributed by atoms with van der Waals surface area (Å²) in [4.78, 5) is 0. The summed E-state index contributed by atoms with van der Waals surface area (Å²) in [6.45, 7) is 4.34. The molecule has 1 aliphatic rings. The minimum absolute atomic E-state index is 0.702. The average molecular weight is 164 g/mol. The van der Waals surface area contributed by atoms with Crippen LogP contribution < -0.4 is 0 Å². The quantitative estimate of drug-likeness (QED) is 0.619. The Morgan fingerprint density at radius 2 is 2.17 bits per heavy atom. The third kappa shape index (κ3) is 1.40. The van der Waals surface area contributed by atoms with Gasteiger partial charge in [0, 0.05) is 5.92 Å². The molecule has 0 spiro atoms. The molecular formula is C11H16O. The van der Waals surface area contributed by atoms with Crippen molar-refractivity contribution in [1.29, 1.82) is 0 Å². The highest BCUT2D eigenvalue weighted by atomic mass is 16.3. The Morgan fingerprint density at radius 1 is 1.33 bits per heavy atom. The van der Waals surface area contributed by atoms with E-state index in [1.54, 1.807) is 0 Å². The summed E-state index contributed by atoms with van der Waals surface area (Å²) >= 11 is 0. The molecule has 1 nitrogen and oxygen atoms in total. The zero-order valence-corrected chi connectivity index (χ0v) is 7.84. The van der Waals surface area contributed by atoms with Gasteiger partial charge in [-0.2, -0.15) is 0 Å². The molecule has 12 heavy (non-hydrogen) atoms. The molecule has 0 amide bonds. The summed E-state index contributed by atoms with van der Waals surface area (Å²) in [7, 11) is 0. The molecule has 0 bridgehead atoms. The normalized spacial score (nSPS) is 29.5. The van der Waals surface area contributed by atoms with Gasteiger partial charge in [0.2, 0.25) is 0 Å². The highest BCUT2D eigenvalue weighted by Gasteiger charge is 2.24. The average Bonchev–Trinajstić information content (AvgIpc) is 2.58. The van der Waals surface area contributed by atoms with Gasteiger partial charge in [-0.3, -0.25) is 0 Å². The first-order valence-corrected chi connectivity index (χ1v) is 4.82. The Morgan fingerprint density at radius 3 is 2.67 bits per heavy atom. The van der Waals surface area contributed by atoms with E-state index in [-0.39, 0.29) is 0 Å². The summed E-state index contributed by atoms with van der Waals surface area (Å²) in [5, 5.41) is 0. The lowest BCUT2D eigenvalue weighted by Crippen LogP contribution is -1.90. The van der Waals surface area contributed by atoms with E-state index in [0.717, 1.165) is 11.7 Å². The van der Waals surface area contributed by atoms with E-state index in [0.29, 0.717) is 5.92 Å². The maximum absolute atomic E-state index is 5.62. The van der Waals surface area contributed by atoms with E-state index in [9.17, 15) is 0 Å². The molecule has 2 rings (SSSR count). The van der Waals surface area contributed by atoms with Crippen LogP contribution in [0.3, 0.4) is 0 Å².